The molecule has 0 radical (unpaired) electrons. The van der Waals surface area contributed by atoms with Gasteiger partial charge in [-0.05, 0) is 36.2 Å². The maximum atomic E-state index is 12.5. The van der Waals surface area contributed by atoms with Crippen molar-refractivity contribution in [1.29, 1.82) is 0 Å². The van der Waals surface area contributed by atoms with Crippen LogP contribution in [0, 0.1) is 6.92 Å². The van der Waals surface area contributed by atoms with Crippen LogP contribution in [0.15, 0.2) is 48.5 Å². The van der Waals surface area contributed by atoms with E-state index < -0.39 is 0 Å². The molecule has 6 nitrogen and oxygen atoms in total. The van der Waals surface area contributed by atoms with Crippen LogP contribution in [0.2, 0.25) is 0 Å². The van der Waals surface area contributed by atoms with Gasteiger partial charge in [0, 0.05) is 44.7 Å². The van der Waals surface area contributed by atoms with Crippen LogP contribution in [0.25, 0.3) is 10.9 Å². The number of hydrogen-bond acceptors (Lipinski definition) is 6. The van der Waals surface area contributed by atoms with E-state index in [-0.39, 0.29) is 5.97 Å². The summed E-state index contributed by atoms with van der Waals surface area (Å²) in [6, 6.07) is 16.2. The van der Waals surface area contributed by atoms with E-state index in [0.717, 1.165) is 60.6 Å². The molecule has 1 fully saturated rings. The number of carbonyl (C=O) groups is 1. The molecule has 0 unspecified atom stereocenters. The number of fused-ring (bicyclic) bond motifs is 1. The molecule has 0 bridgehead atoms. The van der Waals surface area contributed by atoms with Crippen molar-refractivity contribution in [2.75, 3.05) is 40.4 Å². The third kappa shape index (κ3) is 4.70. The Balaban J connectivity index is 1.45. The molecule has 0 atom stereocenters. The lowest BCUT2D eigenvalue weighted by Crippen LogP contribution is -2.45. The Labute approximate surface area is 183 Å². The molecule has 0 aliphatic carbocycles. The molecule has 3 aromatic rings. The number of ether oxygens (including phenoxy) is 2. The van der Waals surface area contributed by atoms with Crippen LogP contribution in [-0.4, -0.2) is 61.2 Å². The number of aryl methyl sites for hydroxylation is 1. The lowest BCUT2D eigenvalue weighted by Gasteiger charge is -2.34. The number of pyridine rings is 1. The lowest BCUT2D eigenvalue weighted by atomic mass is 10.0. The number of aromatic nitrogens is 1. The van der Waals surface area contributed by atoms with Gasteiger partial charge in [-0.3, -0.25) is 14.8 Å². The number of carbonyl (C=O) groups excluding carboxylic acids is 1. The van der Waals surface area contributed by atoms with Crippen LogP contribution >= 0.6 is 0 Å². The summed E-state index contributed by atoms with van der Waals surface area (Å²) in [6.07, 6.45) is 0. The minimum Gasteiger partial charge on any atom is -0.497 e. The molecule has 0 amide bonds. The van der Waals surface area contributed by atoms with Gasteiger partial charge < -0.3 is 9.47 Å². The Morgan fingerprint density at radius 2 is 1.58 bits per heavy atom. The van der Waals surface area contributed by atoms with Crippen molar-refractivity contribution in [3.05, 3.63) is 70.9 Å². The number of esters is 1. The first-order chi connectivity index (χ1) is 15.1. The summed E-state index contributed by atoms with van der Waals surface area (Å²) >= 11 is 0. The second-order valence-electron chi connectivity index (χ2n) is 7.97. The van der Waals surface area contributed by atoms with Gasteiger partial charge in [0.1, 0.15) is 5.75 Å². The fraction of sp³-hybridized carbons (Fsp3) is 0.360. The van der Waals surface area contributed by atoms with Crippen molar-refractivity contribution >= 4 is 16.9 Å². The zero-order chi connectivity index (χ0) is 21.8. The molecule has 4 rings (SSSR count). The molecule has 1 saturated heterocycles. The summed E-state index contributed by atoms with van der Waals surface area (Å²) in [5.74, 6) is 0.567. The largest absolute Gasteiger partial charge is 0.497 e. The van der Waals surface area contributed by atoms with Crippen molar-refractivity contribution in [2.45, 2.75) is 20.0 Å². The molecule has 31 heavy (non-hydrogen) atoms. The highest BCUT2D eigenvalue weighted by Gasteiger charge is 2.23. The fourth-order valence-electron chi connectivity index (χ4n) is 4.23. The average molecular weight is 420 g/mol. The molecule has 6 heteroatoms. The second kappa shape index (κ2) is 9.45. The first-order valence-electron chi connectivity index (χ1n) is 10.6. The van der Waals surface area contributed by atoms with Crippen LogP contribution in [0.4, 0.5) is 0 Å². The Hall–Kier alpha value is -2.96. The SMILES string of the molecule is COC(=O)c1c(CN2CCN(Cc3ccc(OC)cc3)CC2)nc2ccccc2c1C. The summed E-state index contributed by atoms with van der Waals surface area (Å²) < 4.78 is 10.3. The molecule has 2 aromatic carbocycles. The highest BCUT2D eigenvalue weighted by molar-refractivity contribution is 5.98. The van der Waals surface area contributed by atoms with Crippen molar-refractivity contribution in [2.24, 2.45) is 0 Å². The number of nitrogens with zero attached hydrogens (tertiary/aromatic N) is 3. The Bertz CT molecular complexity index is 1060. The average Bonchev–Trinajstić information content (AvgIpc) is 2.80. The minimum atomic E-state index is -0.316. The maximum absolute atomic E-state index is 12.5. The van der Waals surface area contributed by atoms with Crippen LogP contribution in [-0.2, 0) is 17.8 Å². The highest BCUT2D eigenvalue weighted by atomic mass is 16.5. The van der Waals surface area contributed by atoms with Crippen molar-refractivity contribution in [3.63, 3.8) is 0 Å². The predicted molar refractivity (Wildman–Crippen MR) is 121 cm³/mol. The van der Waals surface area contributed by atoms with E-state index in [1.54, 1.807) is 7.11 Å². The molecule has 0 saturated carbocycles. The molecule has 1 aliphatic heterocycles. The first kappa shape index (κ1) is 21.3. The number of para-hydroxylation sites is 1. The first-order valence-corrected chi connectivity index (χ1v) is 10.6. The van der Waals surface area contributed by atoms with E-state index in [1.807, 2.05) is 43.3 Å². The molecule has 162 valence electrons. The van der Waals surface area contributed by atoms with Crippen LogP contribution in [0.3, 0.4) is 0 Å². The quantitative estimate of drug-likeness (QED) is 0.569. The van der Waals surface area contributed by atoms with Gasteiger partial charge in [-0.15, -0.1) is 0 Å². The van der Waals surface area contributed by atoms with Crippen LogP contribution in [0.1, 0.15) is 27.2 Å². The van der Waals surface area contributed by atoms with Gasteiger partial charge in [-0.1, -0.05) is 30.3 Å². The van der Waals surface area contributed by atoms with Crippen molar-refractivity contribution in [1.82, 2.24) is 14.8 Å². The third-order valence-corrected chi connectivity index (χ3v) is 6.02. The molecule has 2 heterocycles. The fourth-order valence-corrected chi connectivity index (χ4v) is 4.23. The van der Waals surface area contributed by atoms with Gasteiger partial charge in [0.05, 0.1) is 31.0 Å². The summed E-state index contributed by atoms with van der Waals surface area (Å²) in [7, 11) is 3.12. The lowest BCUT2D eigenvalue weighted by molar-refractivity contribution is 0.0595. The minimum absolute atomic E-state index is 0.316. The normalized spacial score (nSPS) is 15.2. The number of rotatable bonds is 6. The highest BCUT2D eigenvalue weighted by Crippen LogP contribution is 2.25. The van der Waals surface area contributed by atoms with E-state index in [4.69, 9.17) is 14.5 Å². The second-order valence-corrected chi connectivity index (χ2v) is 7.97. The van der Waals surface area contributed by atoms with E-state index in [9.17, 15) is 4.79 Å². The van der Waals surface area contributed by atoms with Gasteiger partial charge >= 0.3 is 5.97 Å². The maximum Gasteiger partial charge on any atom is 0.340 e. The number of hydrogen-bond donors (Lipinski definition) is 0. The number of methoxy groups -OCH3 is 2. The van der Waals surface area contributed by atoms with E-state index in [2.05, 4.69) is 21.9 Å². The summed E-state index contributed by atoms with van der Waals surface area (Å²) in [4.78, 5) is 22.2. The molecule has 1 aliphatic rings. The summed E-state index contributed by atoms with van der Waals surface area (Å²) in [6.45, 7) is 7.38. The Kier molecular flexibility index (Phi) is 6.49. The zero-order valence-electron chi connectivity index (χ0n) is 18.4. The van der Waals surface area contributed by atoms with Gasteiger partial charge in [-0.25, -0.2) is 4.79 Å². The van der Waals surface area contributed by atoms with E-state index in [1.165, 1.54) is 12.7 Å². The Morgan fingerprint density at radius 1 is 0.935 bits per heavy atom. The molecule has 1 aromatic heterocycles. The van der Waals surface area contributed by atoms with E-state index in [0.29, 0.717) is 12.1 Å². The molecular weight excluding hydrogens is 390 g/mol. The smallest absolute Gasteiger partial charge is 0.340 e. The molecular formula is C25H29N3O3. The van der Waals surface area contributed by atoms with Crippen molar-refractivity contribution < 1.29 is 14.3 Å². The predicted octanol–water partition coefficient (Wildman–Crippen LogP) is 3.66. The van der Waals surface area contributed by atoms with Gasteiger partial charge in [0.15, 0.2) is 0 Å². The third-order valence-electron chi connectivity index (χ3n) is 6.02. The van der Waals surface area contributed by atoms with Crippen LogP contribution < -0.4 is 4.74 Å². The Morgan fingerprint density at radius 3 is 2.23 bits per heavy atom. The van der Waals surface area contributed by atoms with Crippen LogP contribution in [0.5, 0.6) is 5.75 Å². The van der Waals surface area contributed by atoms with E-state index >= 15 is 0 Å². The number of benzene rings is 2. The standard InChI is InChI=1S/C25H29N3O3/c1-18-21-6-4-5-7-22(21)26-23(24(18)25(29)31-3)17-28-14-12-27(13-15-28)16-19-8-10-20(30-2)11-9-19/h4-11H,12-17H2,1-3H3. The van der Waals surface area contributed by atoms with Gasteiger partial charge in [0.25, 0.3) is 0 Å². The molecule has 0 spiro atoms. The van der Waals surface area contributed by atoms with Crippen molar-refractivity contribution in [3.8, 4) is 5.75 Å². The van der Waals surface area contributed by atoms with Gasteiger partial charge in [0.2, 0.25) is 0 Å². The topological polar surface area (TPSA) is 54.9 Å². The summed E-state index contributed by atoms with van der Waals surface area (Å²) in [5.41, 5.74) is 4.54. The summed E-state index contributed by atoms with van der Waals surface area (Å²) in [5, 5.41) is 0.996. The number of piperazine rings is 1. The monoisotopic (exact) mass is 419 g/mol. The zero-order valence-corrected chi connectivity index (χ0v) is 18.4. The van der Waals surface area contributed by atoms with Gasteiger partial charge in [-0.2, -0.15) is 0 Å². The molecule has 0 N–H and O–H groups in total.